The van der Waals surface area contributed by atoms with Crippen LogP contribution in [0.3, 0.4) is 0 Å². The van der Waals surface area contributed by atoms with Crippen molar-refractivity contribution >= 4 is 17.5 Å². The Labute approximate surface area is 68.3 Å². The molecule has 1 aliphatic heterocycles. The normalized spacial score (nSPS) is 23.7. The van der Waals surface area contributed by atoms with Gasteiger partial charge in [0, 0.05) is 6.42 Å². The van der Waals surface area contributed by atoms with E-state index in [0.29, 0.717) is 0 Å². The van der Waals surface area contributed by atoms with Crippen LogP contribution in [0.25, 0.3) is 0 Å². The average molecular weight is 172 g/mol. The number of hydrogen-bond acceptors (Lipinski definition) is 4. The van der Waals surface area contributed by atoms with Gasteiger partial charge in [-0.3, -0.25) is 9.59 Å². The quantitative estimate of drug-likeness (QED) is 0.437. The minimum atomic E-state index is -1.57. The second-order valence-electron chi connectivity index (χ2n) is 2.51. The molecule has 0 saturated carbocycles. The van der Waals surface area contributed by atoms with Gasteiger partial charge >= 0.3 is 5.97 Å². The van der Waals surface area contributed by atoms with Crippen molar-refractivity contribution < 1.29 is 24.2 Å². The van der Waals surface area contributed by atoms with Gasteiger partial charge in [-0.15, -0.1) is 0 Å². The van der Waals surface area contributed by atoms with Crippen molar-refractivity contribution in [3.8, 4) is 0 Å². The van der Waals surface area contributed by atoms with E-state index in [2.05, 4.69) is 0 Å². The molecule has 1 fully saturated rings. The number of carboxylic acid groups (broad SMARTS) is 1. The second-order valence-corrected chi connectivity index (χ2v) is 2.51. The average Bonchev–Trinajstić information content (AvgIpc) is 2.04. The van der Waals surface area contributed by atoms with Gasteiger partial charge in [-0.1, -0.05) is 0 Å². The highest BCUT2D eigenvalue weighted by atomic mass is 16.5. The zero-order valence-corrected chi connectivity index (χ0v) is 6.28. The summed E-state index contributed by atoms with van der Waals surface area (Å²) in [4.78, 5) is 32.0. The molecule has 0 amide bonds. The molecular formula is C7H8O5. The lowest BCUT2D eigenvalue weighted by molar-refractivity contribution is -0.155. The summed E-state index contributed by atoms with van der Waals surface area (Å²) in [6, 6.07) is 0. The standard InChI is InChI=1S/C7H8O5/c8-5-1-2-12-3-4(5)6(9)7(10)11/h4H,1-3H2,(H,10,11). The Morgan fingerprint density at radius 2 is 2.17 bits per heavy atom. The third kappa shape index (κ3) is 1.68. The SMILES string of the molecule is O=C(O)C(=O)C1COCCC1=O. The Kier molecular flexibility index (Phi) is 2.54. The van der Waals surface area contributed by atoms with Crippen molar-refractivity contribution in [3.05, 3.63) is 0 Å². The first kappa shape index (κ1) is 8.86. The number of carbonyl (C=O) groups excluding carboxylic acids is 2. The minimum absolute atomic E-state index is 0.0933. The summed E-state index contributed by atoms with van der Waals surface area (Å²) >= 11 is 0. The first-order valence-corrected chi connectivity index (χ1v) is 3.50. The van der Waals surface area contributed by atoms with Crippen molar-refractivity contribution in [1.82, 2.24) is 0 Å². The maximum Gasteiger partial charge on any atom is 0.373 e. The number of ketones is 2. The summed E-state index contributed by atoms with van der Waals surface area (Å²) in [6.45, 7) is 0.187. The van der Waals surface area contributed by atoms with Gasteiger partial charge in [0.25, 0.3) is 5.78 Å². The van der Waals surface area contributed by atoms with Gasteiger partial charge in [0.2, 0.25) is 0 Å². The molecule has 0 radical (unpaired) electrons. The van der Waals surface area contributed by atoms with Gasteiger partial charge in [-0.2, -0.15) is 0 Å². The van der Waals surface area contributed by atoms with Crippen molar-refractivity contribution in [3.63, 3.8) is 0 Å². The summed E-state index contributed by atoms with van der Waals surface area (Å²) in [5.74, 6) is -4.07. The number of carbonyl (C=O) groups is 3. The van der Waals surface area contributed by atoms with Crippen molar-refractivity contribution in [1.29, 1.82) is 0 Å². The van der Waals surface area contributed by atoms with E-state index in [-0.39, 0.29) is 25.4 Å². The summed E-state index contributed by atoms with van der Waals surface area (Å²) in [5, 5.41) is 8.29. The van der Waals surface area contributed by atoms with E-state index >= 15 is 0 Å². The molecule has 0 bridgehead atoms. The molecule has 66 valence electrons. The molecular weight excluding hydrogens is 164 g/mol. The van der Waals surface area contributed by atoms with Crippen LogP contribution >= 0.6 is 0 Å². The molecule has 1 atom stereocenters. The number of ether oxygens (including phenoxy) is 1. The molecule has 1 saturated heterocycles. The maximum atomic E-state index is 11.0. The molecule has 0 aromatic carbocycles. The third-order valence-corrected chi connectivity index (χ3v) is 1.69. The van der Waals surface area contributed by atoms with Crippen molar-refractivity contribution in [2.75, 3.05) is 13.2 Å². The first-order valence-electron chi connectivity index (χ1n) is 3.50. The summed E-state index contributed by atoms with van der Waals surface area (Å²) in [6.07, 6.45) is 0.129. The van der Waals surface area contributed by atoms with Crippen molar-refractivity contribution in [2.24, 2.45) is 5.92 Å². The maximum absolute atomic E-state index is 11.0. The fraction of sp³-hybridized carbons (Fsp3) is 0.571. The fourth-order valence-electron chi connectivity index (χ4n) is 1.01. The Morgan fingerprint density at radius 3 is 2.67 bits per heavy atom. The van der Waals surface area contributed by atoms with Gasteiger partial charge in [-0.05, 0) is 0 Å². The van der Waals surface area contributed by atoms with Gasteiger partial charge in [0.1, 0.15) is 11.7 Å². The number of rotatable bonds is 2. The molecule has 1 aliphatic rings. The first-order chi connectivity index (χ1) is 5.63. The molecule has 1 unspecified atom stereocenters. The van der Waals surface area contributed by atoms with Crippen molar-refractivity contribution in [2.45, 2.75) is 6.42 Å². The molecule has 12 heavy (non-hydrogen) atoms. The summed E-state index contributed by atoms with van der Waals surface area (Å²) in [7, 11) is 0. The van der Waals surface area contributed by atoms with E-state index in [0.717, 1.165) is 0 Å². The van der Waals surface area contributed by atoms with E-state index in [1.165, 1.54) is 0 Å². The van der Waals surface area contributed by atoms with Crippen LogP contribution in [0.1, 0.15) is 6.42 Å². The smallest absolute Gasteiger partial charge is 0.373 e. The van der Waals surface area contributed by atoms with E-state index < -0.39 is 17.7 Å². The highest BCUT2D eigenvalue weighted by Crippen LogP contribution is 2.10. The number of carboxylic acids is 1. The Morgan fingerprint density at radius 1 is 1.50 bits per heavy atom. The van der Waals surface area contributed by atoms with Gasteiger partial charge < -0.3 is 9.84 Å². The van der Waals surface area contributed by atoms with Gasteiger partial charge in [0.05, 0.1) is 13.2 Å². The molecule has 0 aliphatic carbocycles. The van der Waals surface area contributed by atoms with Crippen LogP contribution in [-0.2, 0) is 19.1 Å². The molecule has 5 nitrogen and oxygen atoms in total. The number of Topliss-reactive ketones (excluding diaryl/α,β-unsaturated/α-hetero) is 2. The summed E-state index contributed by atoms with van der Waals surface area (Å²) in [5.41, 5.74) is 0. The van der Waals surface area contributed by atoms with E-state index in [9.17, 15) is 14.4 Å². The predicted octanol–water partition coefficient (Wildman–Crippen LogP) is -0.754. The summed E-state index contributed by atoms with van der Waals surface area (Å²) < 4.78 is 4.82. The van der Waals surface area contributed by atoms with Crippen LogP contribution in [0.2, 0.25) is 0 Å². The van der Waals surface area contributed by atoms with Crippen LogP contribution in [0.5, 0.6) is 0 Å². The highest BCUT2D eigenvalue weighted by molar-refractivity contribution is 6.37. The molecule has 1 rings (SSSR count). The lowest BCUT2D eigenvalue weighted by Gasteiger charge is -2.17. The Balaban J connectivity index is 2.66. The van der Waals surface area contributed by atoms with Gasteiger partial charge in [-0.25, -0.2) is 4.79 Å². The van der Waals surface area contributed by atoms with Gasteiger partial charge in [0.15, 0.2) is 0 Å². The zero-order chi connectivity index (χ0) is 9.14. The molecule has 0 aromatic rings. The minimum Gasteiger partial charge on any atom is -0.475 e. The zero-order valence-electron chi connectivity index (χ0n) is 6.28. The van der Waals surface area contributed by atoms with Crippen LogP contribution < -0.4 is 0 Å². The second kappa shape index (κ2) is 3.44. The Hall–Kier alpha value is -1.23. The van der Waals surface area contributed by atoms with Crippen LogP contribution in [0.4, 0.5) is 0 Å². The van der Waals surface area contributed by atoms with Crippen LogP contribution in [0, 0.1) is 5.92 Å². The van der Waals surface area contributed by atoms with Crippen LogP contribution in [0.15, 0.2) is 0 Å². The van der Waals surface area contributed by atoms with Crippen LogP contribution in [-0.4, -0.2) is 35.9 Å². The lowest BCUT2D eigenvalue weighted by atomic mass is 9.96. The highest BCUT2D eigenvalue weighted by Gasteiger charge is 2.33. The number of hydrogen-bond donors (Lipinski definition) is 1. The van der Waals surface area contributed by atoms with E-state index in [4.69, 9.17) is 9.84 Å². The molecule has 5 heteroatoms. The molecule has 0 aromatic heterocycles. The molecule has 1 N–H and O–H groups in total. The molecule has 1 heterocycles. The third-order valence-electron chi connectivity index (χ3n) is 1.69. The lowest BCUT2D eigenvalue weighted by Crippen LogP contribution is -2.37. The fourth-order valence-corrected chi connectivity index (χ4v) is 1.01. The largest absolute Gasteiger partial charge is 0.475 e. The predicted molar refractivity (Wildman–Crippen MR) is 36.6 cm³/mol. The topological polar surface area (TPSA) is 80.7 Å². The molecule has 0 spiro atoms. The monoisotopic (exact) mass is 172 g/mol. The number of aliphatic carboxylic acids is 1. The van der Waals surface area contributed by atoms with E-state index in [1.54, 1.807) is 0 Å². The van der Waals surface area contributed by atoms with E-state index in [1.807, 2.05) is 0 Å². The Bertz CT molecular complexity index is 232.